The van der Waals surface area contributed by atoms with E-state index in [2.05, 4.69) is 5.32 Å². The summed E-state index contributed by atoms with van der Waals surface area (Å²) >= 11 is 0. The predicted molar refractivity (Wildman–Crippen MR) is 135 cm³/mol. The van der Waals surface area contributed by atoms with Crippen molar-refractivity contribution >= 4 is 11.8 Å². The second kappa shape index (κ2) is 10.5. The Bertz CT molecular complexity index is 1160. The standard InChI is InChI=1S/C29H33F3N2O4/c1-37-24-9-6-21(15-25(24)38-16-20-2-3-20)27(36)34-17-28(18-34)12-10-23(11-13-28)33-26(35)14-19-4-7-22(8-5-19)29(30,31)32/h4-9,15,20,23H,2-3,10-14,16-18H2,1H3,(H,33,35). The van der Waals surface area contributed by atoms with Crippen LogP contribution >= 0.6 is 0 Å². The molecule has 5 rings (SSSR count). The predicted octanol–water partition coefficient (Wildman–Crippen LogP) is 5.25. The molecule has 0 unspecified atom stereocenters. The number of alkyl halides is 3. The number of carbonyl (C=O) groups excluding carboxylic acids is 2. The Morgan fingerprint density at radius 1 is 1.00 bits per heavy atom. The lowest BCUT2D eigenvalue weighted by atomic mass is 9.67. The van der Waals surface area contributed by atoms with Crippen molar-refractivity contribution < 1.29 is 32.2 Å². The molecule has 2 saturated carbocycles. The molecule has 1 saturated heterocycles. The first-order chi connectivity index (χ1) is 18.1. The molecule has 0 atom stereocenters. The number of amides is 2. The van der Waals surface area contributed by atoms with Crippen LogP contribution in [0.4, 0.5) is 13.2 Å². The summed E-state index contributed by atoms with van der Waals surface area (Å²) < 4.78 is 49.5. The average Bonchev–Trinajstić information content (AvgIpc) is 3.70. The molecule has 1 N–H and O–H groups in total. The van der Waals surface area contributed by atoms with Gasteiger partial charge < -0.3 is 19.7 Å². The number of ether oxygens (including phenoxy) is 2. The number of nitrogens with zero attached hydrogens (tertiary/aromatic N) is 1. The van der Waals surface area contributed by atoms with Gasteiger partial charge in [-0.25, -0.2) is 0 Å². The highest BCUT2D eigenvalue weighted by Gasteiger charge is 2.47. The Hall–Kier alpha value is -3.23. The van der Waals surface area contributed by atoms with Crippen molar-refractivity contribution in [3.63, 3.8) is 0 Å². The second-order valence-electron chi connectivity index (χ2n) is 11.0. The minimum absolute atomic E-state index is 0.0125. The molecule has 0 radical (unpaired) electrons. The molecule has 2 aliphatic carbocycles. The van der Waals surface area contributed by atoms with Gasteiger partial charge in [-0.05, 0) is 80.3 Å². The summed E-state index contributed by atoms with van der Waals surface area (Å²) in [6.45, 7) is 2.04. The van der Waals surface area contributed by atoms with E-state index < -0.39 is 11.7 Å². The van der Waals surface area contributed by atoms with Crippen molar-refractivity contribution in [2.45, 2.75) is 57.2 Å². The minimum atomic E-state index is -4.39. The molecule has 6 nitrogen and oxygen atoms in total. The number of nitrogens with one attached hydrogen (secondary N) is 1. The monoisotopic (exact) mass is 530 g/mol. The molecule has 1 heterocycles. The zero-order valence-electron chi connectivity index (χ0n) is 21.5. The molecule has 0 bridgehead atoms. The molecule has 38 heavy (non-hydrogen) atoms. The van der Waals surface area contributed by atoms with Crippen LogP contribution in [0.2, 0.25) is 0 Å². The first-order valence-corrected chi connectivity index (χ1v) is 13.2. The zero-order valence-corrected chi connectivity index (χ0v) is 21.5. The minimum Gasteiger partial charge on any atom is -0.493 e. The molecule has 2 aromatic rings. The van der Waals surface area contributed by atoms with E-state index in [0.29, 0.717) is 48.2 Å². The van der Waals surface area contributed by atoms with Gasteiger partial charge in [-0.1, -0.05) is 12.1 Å². The fourth-order valence-electron chi connectivity index (χ4n) is 5.47. The molecule has 2 aromatic carbocycles. The number of likely N-dealkylation sites (tertiary alicyclic amines) is 1. The van der Waals surface area contributed by atoms with Gasteiger partial charge in [0, 0.05) is 30.1 Å². The summed E-state index contributed by atoms with van der Waals surface area (Å²) in [5, 5.41) is 3.03. The molecular weight excluding hydrogens is 497 g/mol. The lowest BCUT2D eigenvalue weighted by molar-refractivity contribution is -0.137. The highest BCUT2D eigenvalue weighted by Crippen LogP contribution is 2.44. The summed E-state index contributed by atoms with van der Waals surface area (Å²) in [6.07, 6.45) is 1.50. The van der Waals surface area contributed by atoms with Crippen LogP contribution in [0, 0.1) is 11.3 Å². The summed E-state index contributed by atoms with van der Waals surface area (Å²) in [7, 11) is 1.59. The fourth-order valence-corrected chi connectivity index (χ4v) is 5.47. The molecule has 1 spiro atoms. The Labute approximate surface area is 220 Å². The summed E-state index contributed by atoms with van der Waals surface area (Å²) in [5.41, 5.74) is 0.509. The third-order valence-corrected chi connectivity index (χ3v) is 7.98. The van der Waals surface area contributed by atoms with Gasteiger partial charge in [0.05, 0.1) is 25.7 Å². The molecule has 1 aliphatic heterocycles. The van der Waals surface area contributed by atoms with Crippen molar-refractivity contribution in [3.8, 4) is 11.5 Å². The van der Waals surface area contributed by atoms with Gasteiger partial charge in [0.1, 0.15) is 0 Å². The highest BCUT2D eigenvalue weighted by atomic mass is 19.4. The van der Waals surface area contributed by atoms with Crippen LogP contribution in [0.5, 0.6) is 11.5 Å². The molecule has 9 heteroatoms. The van der Waals surface area contributed by atoms with Gasteiger partial charge in [0.15, 0.2) is 11.5 Å². The maximum Gasteiger partial charge on any atom is 0.416 e. The van der Waals surface area contributed by atoms with E-state index in [0.717, 1.165) is 37.8 Å². The van der Waals surface area contributed by atoms with E-state index in [1.165, 1.54) is 25.0 Å². The smallest absolute Gasteiger partial charge is 0.416 e. The van der Waals surface area contributed by atoms with Crippen LogP contribution in [0.3, 0.4) is 0 Å². The van der Waals surface area contributed by atoms with Gasteiger partial charge in [0.25, 0.3) is 5.91 Å². The fraction of sp³-hybridized carbons (Fsp3) is 0.517. The number of rotatable bonds is 8. The summed E-state index contributed by atoms with van der Waals surface area (Å²) in [4.78, 5) is 27.5. The normalized spacial score (nSPS) is 19.1. The van der Waals surface area contributed by atoms with Crippen LogP contribution < -0.4 is 14.8 Å². The maximum absolute atomic E-state index is 13.1. The molecule has 2 amide bonds. The molecular formula is C29H33F3N2O4. The number of hydrogen-bond acceptors (Lipinski definition) is 4. The number of benzene rings is 2. The Kier molecular flexibility index (Phi) is 7.29. The molecule has 3 aliphatic rings. The summed E-state index contributed by atoms with van der Waals surface area (Å²) in [5.74, 6) is 1.63. The molecule has 0 aromatic heterocycles. The number of methoxy groups -OCH3 is 1. The van der Waals surface area contributed by atoms with Crippen molar-refractivity contribution in [1.29, 1.82) is 0 Å². The van der Waals surface area contributed by atoms with E-state index in [9.17, 15) is 22.8 Å². The second-order valence-corrected chi connectivity index (χ2v) is 11.0. The van der Waals surface area contributed by atoms with Gasteiger partial charge in [-0.2, -0.15) is 13.2 Å². The van der Waals surface area contributed by atoms with Gasteiger partial charge in [-0.3, -0.25) is 9.59 Å². The Morgan fingerprint density at radius 2 is 1.68 bits per heavy atom. The molecule has 3 fully saturated rings. The summed E-state index contributed by atoms with van der Waals surface area (Å²) in [6, 6.07) is 10.1. The van der Waals surface area contributed by atoms with Crippen molar-refractivity contribution in [1.82, 2.24) is 10.2 Å². The maximum atomic E-state index is 13.1. The van der Waals surface area contributed by atoms with Gasteiger partial charge in [-0.15, -0.1) is 0 Å². The average molecular weight is 531 g/mol. The number of carbonyl (C=O) groups is 2. The third-order valence-electron chi connectivity index (χ3n) is 7.98. The van der Waals surface area contributed by atoms with E-state index >= 15 is 0 Å². The first-order valence-electron chi connectivity index (χ1n) is 13.2. The van der Waals surface area contributed by atoms with Crippen molar-refractivity contribution in [3.05, 3.63) is 59.2 Å². The quantitative estimate of drug-likeness (QED) is 0.507. The van der Waals surface area contributed by atoms with E-state index in [-0.39, 0.29) is 29.7 Å². The van der Waals surface area contributed by atoms with E-state index in [1.807, 2.05) is 4.90 Å². The van der Waals surface area contributed by atoms with Crippen LogP contribution in [-0.2, 0) is 17.4 Å². The lowest BCUT2D eigenvalue weighted by Gasteiger charge is -2.53. The lowest BCUT2D eigenvalue weighted by Crippen LogP contribution is -2.60. The molecule has 204 valence electrons. The van der Waals surface area contributed by atoms with Crippen molar-refractivity contribution in [2.24, 2.45) is 11.3 Å². The van der Waals surface area contributed by atoms with Gasteiger partial charge >= 0.3 is 6.18 Å². The topological polar surface area (TPSA) is 67.9 Å². The van der Waals surface area contributed by atoms with Crippen LogP contribution in [0.15, 0.2) is 42.5 Å². The first kappa shape index (κ1) is 26.4. The van der Waals surface area contributed by atoms with Gasteiger partial charge in [0.2, 0.25) is 5.91 Å². The number of halogens is 3. The Balaban J connectivity index is 1.08. The van der Waals surface area contributed by atoms with E-state index in [4.69, 9.17) is 9.47 Å². The largest absolute Gasteiger partial charge is 0.493 e. The van der Waals surface area contributed by atoms with E-state index in [1.54, 1.807) is 25.3 Å². The third kappa shape index (κ3) is 6.08. The van der Waals surface area contributed by atoms with Crippen molar-refractivity contribution in [2.75, 3.05) is 26.8 Å². The zero-order chi connectivity index (χ0) is 26.9. The van der Waals surface area contributed by atoms with Crippen LogP contribution in [0.25, 0.3) is 0 Å². The van der Waals surface area contributed by atoms with Crippen LogP contribution in [-0.4, -0.2) is 49.6 Å². The van der Waals surface area contributed by atoms with Crippen LogP contribution in [0.1, 0.15) is 60.0 Å². The Morgan fingerprint density at radius 3 is 2.29 bits per heavy atom. The highest BCUT2D eigenvalue weighted by molar-refractivity contribution is 5.95. The SMILES string of the molecule is COc1ccc(C(=O)N2CC3(CCC(NC(=O)Cc4ccc(C(F)(F)F)cc4)CC3)C2)cc1OCC1CC1. The number of hydrogen-bond donors (Lipinski definition) is 1.